The Balaban J connectivity index is 0.000000122. The maximum atomic E-state index is 6.41. The summed E-state index contributed by atoms with van der Waals surface area (Å²) in [4.78, 5) is 25.5. The van der Waals surface area contributed by atoms with E-state index in [1.165, 1.54) is 0 Å². The lowest BCUT2D eigenvalue weighted by Crippen LogP contribution is -2.41. The first-order valence-electron chi connectivity index (χ1n) is 29.5. The molecule has 458 valence electrons. The van der Waals surface area contributed by atoms with Gasteiger partial charge in [0.1, 0.15) is 44.7 Å². The second kappa shape index (κ2) is 26.3. The van der Waals surface area contributed by atoms with Crippen LogP contribution in [0.15, 0.2) is 236 Å². The van der Waals surface area contributed by atoms with Crippen molar-refractivity contribution >= 4 is 177 Å². The maximum absolute atomic E-state index is 6.41. The van der Waals surface area contributed by atoms with Crippen LogP contribution in [-0.2, 0) is 9.31 Å². The fourth-order valence-electron chi connectivity index (χ4n) is 11.4. The van der Waals surface area contributed by atoms with Gasteiger partial charge >= 0.3 is 7.12 Å². The van der Waals surface area contributed by atoms with Crippen LogP contribution in [0.2, 0.25) is 15.9 Å². The van der Waals surface area contributed by atoms with Crippen molar-refractivity contribution in [2.24, 2.45) is 0 Å². The van der Waals surface area contributed by atoms with Crippen LogP contribution in [0.1, 0.15) is 27.7 Å². The average Bonchev–Trinajstić information content (AvgIpc) is 1.70. The third-order valence-corrected chi connectivity index (χ3v) is 29.0. The lowest BCUT2D eigenvalue weighted by molar-refractivity contribution is 0.00578. The van der Waals surface area contributed by atoms with Gasteiger partial charge in [0.2, 0.25) is 15.9 Å². The fourth-order valence-corrected chi connectivity index (χ4v) is 11.9. The van der Waals surface area contributed by atoms with Crippen molar-refractivity contribution in [3.63, 3.8) is 0 Å². The van der Waals surface area contributed by atoms with E-state index in [1.807, 2.05) is 140 Å². The molecule has 16 aromatic rings. The number of halogens is 3. The van der Waals surface area contributed by atoms with Crippen LogP contribution < -0.4 is 5.46 Å². The summed E-state index contributed by atoms with van der Waals surface area (Å²) in [5.41, 5.74) is 13.6. The summed E-state index contributed by atoms with van der Waals surface area (Å²) >= 11 is 18.0. The van der Waals surface area contributed by atoms with E-state index in [0.29, 0.717) is 17.5 Å². The van der Waals surface area contributed by atoms with Gasteiger partial charge in [0.05, 0.1) is 11.2 Å². The maximum Gasteiger partial charge on any atom is 0.494 e. The Morgan fingerprint density at radius 1 is 0.355 bits per heavy atom. The SMILES string of the molecule is CC1(C)OB(c2ccc3c(c2)oc2c(-c4ccccc4)cccc23)OC1(C)C.Clc1nc(-c2ccc3c(c2)oc2ccccc23)nc(-c2ccc3c(c2)oc2c(-c4ccccc4)cccc23)n1.Clc1nc(Cl)nc(-c2ccc3c(c2)oc2ccccc23)n1.PPP(P)P. The number of furan rings is 4. The Labute approximate surface area is 559 Å². The highest BCUT2D eigenvalue weighted by Gasteiger charge is 2.51. The van der Waals surface area contributed by atoms with Crippen LogP contribution in [0.25, 0.3) is 144 Å². The van der Waals surface area contributed by atoms with E-state index in [0.717, 1.165) is 140 Å². The summed E-state index contributed by atoms with van der Waals surface area (Å²) < 4.78 is 37.0. The number of rotatable bonds is 7. The minimum Gasteiger partial charge on any atom is -0.456 e. The van der Waals surface area contributed by atoms with E-state index >= 15 is 0 Å². The van der Waals surface area contributed by atoms with E-state index in [4.69, 9.17) is 66.8 Å². The summed E-state index contributed by atoms with van der Waals surface area (Å²) in [5.74, 6) is 1.37. The monoisotopic (exact) mass is 1370 g/mol. The van der Waals surface area contributed by atoms with Gasteiger partial charge in [-0.05, 0) is 141 Å². The second-order valence-corrected chi connectivity index (χ2v) is 37.9. The Hall–Kier alpha value is -7.58. The molecule has 93 heavy (non-hydrogen) atoms. The molecule has 1 saturated heterocycles. The zero-order valence-corrected chi connectivity index (χ0v) is 57.9. The quantitative estimate of drug-likeness (QED) is 0.110. The number of nitrogens with zero attached hydrogens (tertiary/aromatic N) is 6. The van der Waals surface area contributed by atoms with Gasteiger partial charge in [0.25, 0.3) is 0 Å². The Bertz CT molecular complexity index is 5450. The van der Waals surface area contributed by atoms with E-state index in [1.54, 1.807) is 0 Å². The highest BCUT2D eigenvalue weighted by atomic mass is 35.5. The molecule has 7 heterocycles. The van der Waals surface area contributed by atoms with Crippen LogP contribution in [0.5, 0.6) is 0 Å². The van der Waals surface area contributed by atoms with Crippen molar-refractivity contribution in [1.82, 2.24) is 29.9 Å². The molecule has 0 spiro atoms. The number of hydrogen-bond acceptors (Lipinski definition) is 12. The number of hydrogen-bond donors (Lipinski definition) is 0. The first-order valence-corrected chi connectivity index (χ1v) is 38.9. The number of fused-ring (bicyclic) bond motifs is 12. The molecule has 1 aliphatic rings. The van der Waals surface area contributed by atoms with E-state index in [-0.39, 0.29) is 34.0 Å². The lowest BCUT2D eigenvalue weighted by atomic mass is 9.79. The minimum absolute atomic E-state index is 0.0645. The highest BCUT2D eigenvalue weighted by molar-refractivity contribution is 8.77. The normalized spacial score (nSPS) is 13.6. The third-order valence-electron chi connectivity index (χ3n) is 16.6. The molecule has 1 fully saturated rings. The topological polar surface area (TPSA) is 148 Å². The molecule has 0 saturated carbocycles. The minimum atomic E-state index is -0.392. The largest absolute Gasteiger partial charge is 0.494 e. The molecule has 0 radical (unpaired) electrons. The van der Waals surface area contributed by atoms with Crippen molar-refractivity contribution in [3.8, 4) is 56.4 Å². The molecule has 12 nitrogen and oxygen atoms in total. The Morgan fingerprint density at radius 2 is 0.699 bits per heavy atom. The second-order valence-electron chi connectivity index (χ2n) is 23.0. The Morgan fingerprint density at radius 3 is 1.14 bits per heavy atom. The predicted molar refractivity (Wildman–Crippen MR) is 397 cm³/mol. The summed E-state index contributed by atoms with van der Waals surface area (Å²) in [6.07, 6.45) is 0. The van der Waals surface area contributed by atoms with Crippen molar-refractivity contribution in [2.45, 2.75) is 38.9 Å². The Kier molecular flexibility index (Phi) is 17.8. The summed E-state index contributed by atoms with van der Waals surface area (Å²) in [5, 5.41) is 8.80. The van der Waals surface area contributed by atoms with Gasteiger partial charge in [0.15, 0.2) is 17.5 Å². The molecule has 0 bridgehead atoms. The first kappa shape index (κ1) is 62.9. The van der Waals surface area contributed by atoms with Gasteiger partial charge in [-0.1, -0.05) is 172 Å². The van der Waals surface area contributed by atoms with Gasteiger partial charge in [-0.15, -0.1) is 26.8 Å². The van der Waals surface area contributed by atoms with Crippen molar-refractivity contribution in [2.75, 3.05) is 0 Å². The smallest absolute Gasteiger partial charge is 0.456 e. The molecule has 0 amide bonds. The molecule has 1 aliphatic heterocycles. The zero-order valence-electron chi connectivity index (χ0n) is 50.3. The molecule has 17 rings (SSSR count). The molecular formula is C72H55BCl3N6O6P5. The van der Waals surface area contributed by atoms with Crippen LogP contribution in [0.3, 0.4) is 0 Å². The molecule has 10 aromatic carbocycles. The molecule has 6 aromatic heterocycles. The van der Waals surface area contributed by atoms with E-state index in [9.17, 15) is 0 Å². The van der Waals surface area contributed by atoms with E-state index < -0.39 is 7.12 Å². The van der Waals surface area contributed by atoms with Gasteiger partial charge in [0, 0.05) is 70.9 Å². The lowest BCUT2D eigenvalue weighted by Gasteiger charge is -2.32. The van der Waals surface area contributed by atoms with Gasteiger partial charge < -0.3 is 27.0 Å². The van der Waals surface area contributed by atoms with Crippen molar-refractivity contribution in [3.05, 3.63) is 234 Å². The van der Waals surface area contributed by atoms with Gasteiger partial charge in [-0.2, -0.15) is 24.9 Å². The standard InChI is InChI=1S/C33H18ClN3O2.C24H23BO3.C15H7Cl2N3O.H7P5/c34-33-36-31(20-13-15-24-23-9-4-5-12-27(23)38-28(24)17-20)35-32(37-33)21-14-16-25-26-11-6-10-22(19-7-2-1-3-8-19)30(26)39-29(25)18-21;1-23(2)24(3,4)28-25(27-23)17-13-14-19-20-12-8-11-18(16-9-6-5-7-10-16)22(20)26-21(19)15-17;16-14-18-13(19-15(17)20-14)8-5-6-10-9-3-1-2-4-11(9)21-12(10)7-8;1-4-5(2)3/h1-18H;5-15H,1-4H3;1-7H;4H,1-3H2. The fraction of sp³-hybridized carbons (Fsp3) is 0.0833. The van der Waals surface area contributed by atoms with Crippen molar-refractivity contribution in [1.29, 1.82) is 0 Å². The number of para-hydroxylation sites is 4. The summed E-state index contributed by atoms with van der Waals surface area (Å²) in [6.45, 7) is 8.50. The highest BCUT2D eigenvalue weighted by Crippen LogP contribution is 2.71. The predicted octanol–water partition coefficient (Wildman–Crippen LogP) is 22.1. The molecule has 0 aliphatic carbocycles. The molecule has 21 heteroatoms. The molecule has 0 N–H and O–H groups in total. The van der Waals surface area contributed by atoms with Crippen molar-refractivity contribution < 1.29 is 27.0 Å². The number of aromatic nitrogens is 6. The number of benzene rings is 10. The molecular weight excluding hydrogens is 1320 g/mol. The summed E-state index contributed by atoms with van der Waals surface area (Å²) in [6, 6.07) is 72.9. The van der Waals surface area contributed by atoms with E-state index in [2.05, 4.69) is 158 Å². The third kappa shape index (κ3) is 12.8. The molecule has 4 atom stereocenters. The zero-order chi connectivity index (χ0) is 64.1. The van der Waals surface area contributed by atoms with Crippen LogP contribution >= 0.6 is 76.5 Å². The average molecular weight is 1370 g/mol. The summed E-state index contributed by atoms with van der Waals surface area (Å²) in [7, 11) is 8.84. The molecule has 4 unspecified atom stereocenters. The van der Waals surface area contributed by atoms with Crippen LogP contribution in [0.4, 0.5) is 0 Å². The van der Waals surface area contributed by atoms with Crippen LogP contribution in [0, 0.1) is 0 Å². The van der Waals surface area contributed by atoms with Gasteiger partial charge in [-0.3, -0.25) is 0 Å². The first-order chi connectivity index (χ1) is 45.0. The van der Waals surface area contributed by atoms with Crippen LogP contribution in [-0.4, -0.2) is 48.2 Å². The van der Waals surface area contributed by atoms with Gasteiger partial charge in [-0.25, -0.2) is 4.98 Å².